The number of nitrogens with one attached hydrogen (secondary N) is 1. The van der Waals surface area contributed by atoms with Crippen LogP contribution in [0.1, 0.15) is 241 Å². The minimum Gasteiger partial charge on any atom is -0.457 e. The Labute approximate surface area is 646 Å². The van der Waals surface area contributed by atoms with Gasteiger partial charge in [-0.1, -0.05) is 157 Å². The van der Waals surface area contributed by atoms with Crippen molar-refractivity contribution in [3.8, 4) is 46.0 Å². The van der Waals surface area contributed by atoms with Crippen molar-refractivity contribution in [1.29, 1.82) is 0 Å². The minimum absolute atomic E-state index is 0.0597. The second-order valence-electron chi connectivity index (χ2n) is 33.9. The Balaban J connectivity index is 1.05. The van der Waals surface area contributed by atoms with Gasteiger partial charge >= 0.3 is 0 Å². The van der Waals surface area contributed by atoms with Crippen molar-refractivity contribution in [2.45, 2.75) is 202 Å². The molecule has 0 bridgehead atoms. The van der Waals surface area contributed by atoms with Crippen molar-refractivity contribution in [2.24, 2.45) is 23.7 Å². The van der Waals surface area contributed by atoms with Crippen molar-refractivity contribution >= 4 is 78.5 Å². The maximum Gasteiger partial charge on any atom is 0.262 e. The van der Waals surface area contributed by atoms with Crippen LogP contribution < -0.4 is 24.3 Å². The van der Waals surface area contributed by atoms with Crippen molar-refractivity contribution in [2.75, 3.05) is 52.5 Å². The summed E-state index contributed by atoms with van der Waals surface area (Å²) in [6.45, 7) is 29.5. The van der Waals surface area contributed by atoms with Gasteiger partial charge in [0.25, 0.3) is 23.6 Å². The highest BCUT2D eigenvalue weighted by molar-refractivity contribution is 6.45. The number of amides is 6. The van der Waals surface area contributed by atoms with Crippen LogP contribution in [0.3, 0.4) is 0 Å². The average Bonchev–Trinajstić information content (AvgIpc) is 0.830. The molecule has 4 fully saturated rings. The Morgan fingerprint density at radius 2 is 0.709 bits per heavy atom. The third-order valence-electron chi connectivity index (χ3n) is 23.5. The Hall–Kier alpha value is -9.42. The first-order valence-electron chi connectivity index (χ1n) is 40.7. The predicted molar refractivity (Wildman–Crippen MR) is 432 cm³/mol. The highest BCUT2D eigenvalue weighted by Gasteiger charge is 2.51. The van der Waals surface area contributed by atoms with Crippen LogP contribution in [0.15, 0.2) is 121 Å². The smallest absolute Gasteiger partial charge is 0.262 e. The second kappa shape index (κ2) is 31.8. The van der Waals surface area contributed by atoms with Crippen molar-refractivity contribution in [1.82, 2.24) is 24.9 Å². The van der Waals surface area contributed by atoms with E-state index >= 15 is 28.8 Å². The summed E-state index contributed by atoms with van der Waals surface area (Å²) < 4.78 is 41.0. The lowest BCUT2D eigenvalue weighted by molar-refractivity contribution is -0.138. The first-order valence-corrected chi connectivity index (χ1v) is 40.7. The van der Waals surface area contributed by atoms with Crippen LogP contribution in [0.25, 0.3) is 43.1 Å². The van der Waals surface area contributed by atoms with E-state index in [1.165, 1.54) is 9.80 Å². The zero-order chi connectivity index (χ0) is 77.1. The van der Waals surface area contributed by atoms with Crippen LogP contribution >= 0.6 is 0 Å². The summed E-state index contributed by atoms with van der Waals surface area (Å²) in [6.07, 6.45) is 8.74. The zero-order valence-electron chi connectivity index (χ0n) is 66.1. The third kappa shape index (κ3) is 15.2. The quantitative estimate of drug-likeness (QED) is 0.0138. The molecule has 17 heteroatoms. The summed E-state index contributed by atoms with van der Waals surface area (Å²) in [5.41, 5.74) is 4.79. The Morgan fingerprint density at radius 1 is 0.409 bits per heavy atom. The first-order chi connectivity index (χ1) is 53.0. The normalized spacial score (nSPS) is 17.8. The molecule has 2 saturated heterocycles. The molecule has 2 aliphatic carbocycles. The van der Waals surface area contributed by atoms with E-state index in [2.05, 4.69) is 88.4 Å². The molecular weight excluding hydrogens is 1380 g/mol. The van der Waals surface area contributed by atoms with Crippen LogP contribution in [0, 0.1) is 23.7 Å². The number of fused-ring (bicyclic) bond motifs is 2. The first kappa shape index (κ1) is 76.0. The van der Waals surface area contributed by atoms with Crippen molar-refractivity contribution in [3.05, 3.63) is 166 Å². The molecule has 0 radical (unpaired) electrons. The van der Waals surface area contributed by atoms with Gasteiger partial charge < -0.3 is 43.5 Å². The van der Waals surface area contributed by atoms with Gasteiger partial charge in [0.1, 0.15) is 58.1 Å². The second-order valence-corrected chi connectivity index (χ2v) is 33.9. The molecule has 9 aromatic rings. The fourth-order valence-corrected chi connectivity index (χ4v) is 17.6. The molecule has 4 heterocycles. The number of nitrogens with zero attached hydrogens (tertiary/aromatic N) is 4. The van der Waals surface area contributed by atoms with E-state index in [1.807, 2.05) is 107 Å². The van der Waals surface area contributed by atoms with Crippen LogP contribution in [0.5, 0.6) is 46.0 Å². The number of carbonyl (C=O) groups excluding carboxylic acids is 6. The van der Waals surface area contributed by atoms with E-state index < -0.39 is 35.7 Å². The van der Waals surface area contributed by atoms with Crippen LogP contribution in [-0.2, 0) is 19.1 Å². The number of hydrogen-bond donors (Lipinski definition) is 1. The topological polar surface area (TPSA) is 189 Å². The number of benzene rings is 9. The number of hydrogen-bond acceptors (Lipinski definition) is 13. The number of ether oxygens (including phenoxy) is 6. The van der Waals surface area contributed by atoms with Gasteiger partial charge in [-0.3, -0.25) is 38.6 Å². The molecule has 15 rings (SSSR count). The highest BCUT2D eigenvalue weighted by atomic mass is 16.6. The molecule has 110 heavy (non-hydrogen) atoms. The van der Waals surface area contributed by atoms with E-state index in [1.54, 1.807) is 24.3 Å². The molecule has 17 nitrogen and oxygen atoms in total. The summed E-state index contributed by atoms with van der Waals surface area (Å²) in [6, 6.07) is 35.9. The van der Waals surface area contributed by atoms with E-state index in [9.17, 15) is 0 Å². The summed E-state index contributed by atoms with van der Waals surface area (Å²) in [5.74, 6) is -0.495. The molecule has 6 aliphatic rings. The maximum absolute atomic E-state index is 16.9. The Morgan fingerprint density at radius 3 is 0.991 bits per heavy atom. The molecule has 9 aromatic carbocycles. The van der Waals surface area contributed by atoms with Gasteiger partial charge in [-0.25, -0.2) is 0 Å². The molecule has 0 aromatic heterocycles. The molecule has 2 saturated carbocycles. The minimum atomic E-state index is -1.18. The van der Waals surface area contributed by atoms with E-state index in [4.69, 9.17) is 28.4 Å². The predicted octanol–water partition coefficient (Wildman–Crippen LogP) is 20.2. The van der Waals surface area contributed by atoms with Gasteiger partial charge in [0, 0.05) is 82.4 Å². The van der Waals surface area contributed by atoms with Gasteiger partial charge in [-0.05, 0) is 187 Å². The van der Waals surface area contributed by atoms with Gasteiger partial charge in [0.15, 0.2) is 0 Å². The molecule has 4 unspecified atom stereocenters. The summed E-state index contributed by atoms with van der Waals surface area (Å²) in [4.78, 5) is 106. The lowest BCUT2D eigenvalue weighted by Gasteiger charge is -2.40. The Kier molecular flexibility index (Phi) is 21.9. The monoisotopic (exact) mass is 1490 g/mol. The highest BCUT2D eigenvalue weighted by Crippen LogP contribution is 2.59. The molecule has 4 aliphatic heterocycles. The molecule has 4 atom stereocenters. The zero-order valence-corrected chi connectivity index (χ0v) is 66.1. The molecule has 6 amide bonds. The number of epoxide rings is 2. The van der Waals surface area contributed by atoms with Gasteiger partial charge in [0.2, 0.25) is 11.8 Å². The number of carbonyl (C=O) groups is 6. The van der Waals surface area contributed by atoms with Gasteiger partial charge in [-0.15, -0.1) is 0 Å². The fraction of sp³-hybridized carbons (Fsp3) is 0.462. The lowest BCUT2D eigenvalue weighted by atomic mass is 9.79. The SMILES string of the molecule is CC(C)CN(CCCCC1CO1)C(=O)C(C1CCCC1)N1C(=O)c2cc(Oc3ccc(C(C)C)cc3)c3c4c(Oc5ccc(C(C)C)cc5)cc5c6c(cc(Oc7ccc(C(C)C)cc7)c(c7c(Oc8ccc(C(C)C)cc8)cc(c2c37)C1=O)c64)C(=O)N(C(C(=O)N(CCNCC1CO1)CC(C)C)C1CCCC1)C5=O. The van der Waals surface area contributed by atoms with Crippen LogP contribution in [0.4, 0.5) is 0 Å². The standard InChI is InChI=1S/C93H107N5O12/c1-52(2)48-95(41-18-17-23-68-50-105-68)92(103)86(62-19-13-14-20-62)97-88(99)70-43-74(107-64-32-24-58(25-33-64)54(5)6)80-82-76(109-66-36-28-60(29-37-66)56(9)10)45-72-79-73(91(102)98(90(72)101)87(63-21-15-16-22-63)93(104)96(49-53(3)4)42-40-94-47-69-51-106-69)46-77(110-67-38-30-61(31-39-67)57(11)12)83(85(79)82)81-75(44-71(89(97)100)78(70)84(80)81)108-65-34-26-59(27-35-65)55(7)8/h24-39,43-46,52-57,62-63,68-69,86-87,94H,13-23,40-42,47-51H2,1-12H3. The average molecular weight is 1490 g/mol. The summed E-state index contributed by atoms with van der Waals surface area (Å²) >= 11 is 0. The van der Waals surface area contributed by atoms with E-state index in [-0.39, 0.29) is 122 Å². The van der Waals surface area contributed by atoms with E-state index in [0.29, 0.717) is 132 Å². The molecule has 576 valence electrons. The summed E-state index contributed by atoms with van der Waals surface area (Å²) in [7, 11) is 0. The molecule has 0 spiro atoms. The molecule has 1 N–H and O–H groups in total. The lowest BCUT2D eigenvalue weighted by Crippen LogP contribution is -2.58. The van der Waals surface area contributed by atoms with Crippen LogP contribution in [-0.4, -0.2) is 132 Å². The molecular formula is C93H107N5O12. The Bertz CT molecular complexity index is 4400. The number of imide groups is 2. The summed E-state index contributed by atoms with van der Waals surface area (Å²) in [5, 5.41) is 6.37. The van der Waals surface area contributed by atoms with Gasteiger partial charge in [0.05, 0.1) is 47.7 Å². The third-order valence-corrected chi connectivity index (χ3v) is 23.5. The maximum atomic E-state index is 16.9. The van der Waals surface area contributed by atoms with E-state index in [0.717, 1.165) is 73.8 Å². The van der Waals surface area contributed by atoms with Crippen LogP contribution in [0.2, 0.25) is 0 Å². The van der Waals surface area contributed by atoms with Crippen molar-refractivity contribution in [3.63, 3.8) is 0 Å². The van der Waals surface area contributed by atoms with Crippen molar-refractivity contribution < 1.29 is 57.2 Å². The number of rotatable bonds is 32. The fourth-order valence-electron chi connectivity index (χ4n) is 17.6. The van der Waals surface area contributed by atoms with Gasteiger partial charge in [-0.2, -0.15) is 0 Å². The largest absolute Gasteiger partial charge is 0.457 e. The number of unbranched alkanes of at least 4 members (excludes halogenated alkanes) is 1.